The van der Waals surface area contributed by atoms with E-state index in [0.29, 0.717) is 54.0 Å². The lowest BCUT2D eigenvalue weighted by Gasteiger charge is -2.30. The van der Waals surface area contributed by atoms with E-state index in [2.05, 4.69) is 25.3 Å². The summed E-state index contributed by atoms with van der Waals surface area (Å²) in [7, 11) is -3.76. The summed E-state index contributed by atoms with van der Waals surface area (Å²) in [6.07, 6.45) is -1.55. The summed E-state index contributed by atoms with van der Waals surface area (Å²) in [6, 6.07) is 4.32. The first-order valence-corrected chi connectivity index (χ1v) is 15.2. The van der Waals surface area contributed by atoms with Gasteiger partial charge in [0.05, 0.1) is 18.0 Å². The number of anilines is 3. The van der Waals surface area contributed by atoms with Crippen LogP contribution in [0.25, 0.3) is 11.3 Å². The molecule has 0 bridgehead atoms. The minimum absolute atomic E-state index is 0.00907. The van der Waals surface area contributed by atoms with Crippen molar-refractivity contribution in [1.29, 1.82) is 0 Å². The lowest BCUT2D eigenvalue weighted by atomic mass is 9.91. The molecule has 0 spiro atoms. The third-order valence-corrected chi connectivity index (χ3v) is 9.48. The Morgan fingerprint density at radius 2 is 1.98 bits per heavy atom. The molecule has 2 aliphatic rings. The zero-order chi connectivity index (χ0) is 28.7. The number of thiophene rings is 1. The second-order valence-electron chi connectivity index (χ2n) is 9.22. The van der Waals surface area contributed by atoms with E-state index in [4.69, 9.17) is 4.74 Å². The Hall–Kier alpha value is -3.43. The third kappa shape index (κ3) is 5.86. The highest BCUT2D eigenvalue weighted by molar-refractivity contribution is 7.93. The predicted octanol–water partition coefficient (Wildman–Crippen LogP) is 3.94. The minimum atomic E-state index is -4.93. The van der Waals surface area contributed by atoms with Crippen LogP contribution in [0.2, 0.25) is 0 Å². The Morgan fingerprint density at radius 3 is 2.65 bits per heavy atom. The molecule has 3 heterocycles. The summed E-state index contributed by atoms with van der Waals surface area (Å²) < 4.78 is 74.4. The van der Waals surface area contributed by atoms with E-state index in [1.165, 1.54) is 18.3 Å². The Bertz CT molecular complexity index is 1550. The van der Waals surface area contributed by atoms with Gasteiger partial charge in [-0.25, -0.2) is 23.2 Å². The van der Waals surface area contributed by atoms with Crippen LogP contribution < -0.4 is 20.3 Å². The molecule has 214 valence electrons. The van der Waals surface area contributed by atoms with Crippen molar-refractivity contribution in [2.75, 3.05) is 49.3 Å². The van der Waals surface area contributed by atoms with Crippen molar-refractivity contribution in [1.82, 2.24) is 15.3 Å². The Balaban J connectivity index is 1.57. The van der Waals surface area contributed by atoms with Crippen LogP contribution in [0.1, 0.15) is 27.7 Å². The number of aromatic nitrogens is 2. The number of nitrogens with zero attached hydrogens (tertiary/aromatic N) is 3. The first kappa shape index (κ1) is 28.1. The van der Waals surface area contributed by atoms with Gasteiger partial charge in [0, 0.05) is 49.9 Å². The smallest absolute Gasteiger partial charge is 0.462 e. The molecule has 0 amide bonds. The summed E-state index contributed by atoms with van der Waals surface area (Å²) >= 11 is 0.831. The number of nitrogens with one attached hydrogen (secondary N) is 2. The van der Waals surface area contributed by atoms with Crippen LogP contribution in [-0.4, -0.2) is 69.8 Å². The Kier molecular flexibility index (Phi) is 7.63. The number of esters is 1. The molecule has 0 atom stereocenters. The molecule has 0 saturated carbocycles. The van der Waals surface area contributed by atoms with Gasteiger partial charge in [-0.05, 0) is 49.1 Å². The lowest BCUT2D eigenvalue weighted by Crippen LogP contribution is -2.43. The van der Waals surface area contributed by atoms with Crippen molar-refractivity contribution >= 4 is 44.5 Å². The number of hydrogen-bond acceptors (Lipinski definition) is 11. The Labute approximate surface area is 232 Å². The van der Waals surface area contributed by atoms with Crippen LogP contribution >= 0.6 is 11.3 Å². The third-order valence-electron chi connectivity index (χ3n) is 6.44. The molecule has 40 heavy (non-hydrogen) atoms. The number of ether oxygens (including phenoxy) is 2. The second kappa shape index (κ2) is 10.9. The molecule has 2 aromatic heterocycles. The van der Waals surface area contributed by atoms with E-state index in [1.807, 2.05) is 4.90 Å². The van der Waals surface area contributed by atoms with Crippen LogP contribution in [-0.2, 0) is 27.4 Å². The summed E-state index contributed by atoms with van der Waals surface area (Å²) in [4.78, 5) is 23.7. The minimum Gasteiger partial charge on any atom is -0.462 e. The molecule has 0 unspecified atom stereocenters. The van der Waals surface area contributed by atoms with Gasteiger partial charge in [-0.3, -0.25) is 0 Å². The quantitative estimate of drug-likeness (QED) is 0.387. The number of carbonyl (C=O) groups is 1. The number of alkyl halides is 3. The number of aryl methyl sites for hydroxylation is 1. The fourth-order valence-corrected chi connectivity index (χ4v) is 7.16. The average molecular weight is 598 g/mol. The zero-order valence-corrected chi connectivity index (χ0v) is 23.2. The molecule has 2 N–H and O–H groups in total. The number of hydrogen-bond donors (Lipinski definition) is 2. The topological polar surface area (TPSA) is 123 Å². The van der Waals surface area contributed by atoms with E-state index in [0.717, 1.165) is 30.7 Å². The van der Waals surface area contributed by atoms with Gasteiger partial charge in [-0.15, -0.1) is 24.5 Å². The number of rotatable bonds is 7. The van der Waals surface area contributed by atoms with Crippen LogP contribution in [0.5, 0.6) is 5.75 Å². The standard InChI is InChI=1S/C25H26F3N5O5S2/c1-3-37-22(34)21-16-6-4-14-13-30-24(32-20(14)19(16)23(39-21)40(2,35)36)31-17-12-15(33-10-8-29-9-11-33)5-7-18(17)38-25(26,27)28/h5,7,12-13,29H,3-4,6,8-11H2,1-2H3,(H,30,31,32). The van der Waals surface area contributed by atoms with Gasteiger partial charge in [0.1, 0.15) is 9.09 Å². The second-order valence-corrected chi connectivity index (χ2v) is 12.5. The summed E-state index contributed by atoms with van der Waals surface area (Å²) in [5.41, 5.74) is 2.44. The van der Waals surface area contributed by atoms with Gasteiger partial charge in [0.25, 0.3) is 0 Å². The SMILES string of the molecule is CCOC(=O)c1sc(S(C)(=O)=O)c2c1CCc1cnc(Nc3cc(N4CCNCC4)ccc3OC(F)(F)F)nc1-2. The van der Waals surface area contributed by atoms with Crippen molar-refractivity contribution in [2.45, 2.75) is 30.3 Å². The molecule has 10 nitrogen and oxygen atoms in total. The van der Waals surface area contributed by atoms with Crippen molar-refractivity contribution in [3.63, 3.8) is 0 Å². The fraction of sp³-hybridized carbons (Fsp3) is 0.400. The number of benzene rings is 1. The predicted molar refractivity (Wildman–Crippen MR) is 143 cm³/mol. The molecule has 1 aliphatic heterocycles. The van der Waals surface area contributed by atoms with E-state index in [1.54, 1.807) is 13.0 Å². The summed E-state index contributed by atoms with van der Waals surface area (Å²) in [5.74, 6) is -1.14. The molecule has 0 radical (unpaired) electrons. The van der Waals surface area contributed by atoms with Gasteiger partial charge in [-0.1, -0.05) is 0 Å². The molecule has 5 rings (SSSR count). The zero-order valence-electron chi connectivity index (χ0n) is 21.6. The molecular formula is C25H26F3N5O5S2. The lowest BCUT2D eigenvalue weighted by molar-refractivity contribution is -0.274. The molecule has 1 saturated heterocycles. The number of halogens is 3. The first-order valence-electron chi connectivity index (χ1n) is 12.5. The number of carbonyl (C=O) groups excluding carboxylic acids is 1. The molecule has 1 aliphatic carbocycles. The van der Waals surface area contributed by atoms with Gasteiger partial charge >= 0.3 is 12.3 Å². The summed E-state index contributed by atoms with van der Waals surface area (Å²) in [6.45, 7) is 4.60. The van der Waals surface area contributed by atoms with Gasteiger partial charge in [-0.2, -0.15) is 0 Å². The molecular weight excluding hydrogens is 571 g/mol. The normalized spacial score (nSPS) is 15.3. The van der Waals surface area contributed by atoms with E-state index >= 15 is 0 Å². The monoisotopic (exact) mass is 597 g/mol. The van der Waals surface area contributed by atoms with Crippen LogP contribution in [0.4, 0.5) is 30.5 Å². The first-order chi connectivity index (χ1) is 18.9. The van der Waals surface area contributed by atoms with E-state index < -0.39 is 27.9 Å². The molecule has 15 heteroatoms. The maximum atomic E-state index is 13.2. The summed E-state index contributed by atoms with van der Waals surface area (Å²) in [5, 5.41) is 6.06. The highest BCUT2D eigenvalue weighted by Gasteiger charge is 2.35. The fourth-order valence-electron chi connectivity index (χ4n) is 4.74. The Morgan fingerprint density at radius 1 is 1.23 bits per heavy atom. The average Bonchev–Trinajstić information content (AvgIpc) is 3.31. The van der Waals surface area contributed by atoms with E-state index in [9.17, 15) is 26.4 Å². The van der Waals surface area contributed by atoms with Crippen molar-refractivity contribution < 1.29 is 35.9 Å². The number of fused-ring (bicyclic) bond motifs is 3. The van der Waals surface area contributed by atoms with Gasteiger partial charge < -0.3 is 25.0 Å². The van der Waals surface area contributed by atoms with Crippen LogP contribution in [0, 0.1) is 0 Å². The molecule has 3 aromatic rings. The van der Waals surface area contributed by atoms with Crippen molar-refractivity contribution in [2.24, 2.45) is 0 Å². The van der Waals surface area contributed by atoms with Crippen molar-refractivity contribution in [3.8, 4) is 17.0 Å². The van der Waals surface area contributed by atoms with Crippen molar-refractivity contribution in [3.05, 3.63) is 40.4 Å². The van der Waals surface area contributed by atoms with E-state index in [-0.39, 0.29) is 27.3 Å². The maximum absolute atomic E-state index is 13.2. The van der Waals surface area contributed by atoms with Crippen LogP contribution in [0.15, 0.2) is 28.6 Å². The van der Waals surface area contributed by atoms with Gasteiger partial charge in [0.15, 0.2) is 15.6 Å². The highest BCUT2D eigenvalue weighted by atomic mass is 32.2. The number of sulfone groups is 1. The number of piperazine rings is 1. The van der Waals surface area contributed by atoms with Crippen LogP contribution in [0.3, 0.4) is 0 Å². The molecule has 1 fully saturated rings. The maximum Gasteiger partial charge on any atom is 0.573 e. The van der Waals surface area contributed by atoms with Gasteiger partial charge in [0.2, 0.25) is 5.95 Å². The highest BCUT2D eigenvalue weighted by Crippen LogP contribution is 2.45. The largest absolute Gasteiger partial charge is 0.573 e. The molecule has 1 aromatic carbocycles.